The van der Waals surface area contributed by atoms with Gasteiger partial charge in [0.25, 0.3) is 9.19 Å². The van der Waals surface area contributed by atoms with Crippen molar-refractivity contribution in [3.63, 3.8) is 0 Å². The third-order valence-electron chi connectivity index (χ3n) is 8.24. The van der Waals surface area contributed by atoms with E-state index in [2.05, 4.69) is 458 Å². The minimum Gasteiger partial charge on any atom is -0.423 e. The molecule has 53 heteroatoms. The fraction of sp³-hybridized carbons (Fsp3) is 0.500. The standard InChI is InChI=1S/C6H15B24I20N3O6/c31-11(7-9-13(33)34)15(37)27(51-4(57)1-54)23(45)19(41)17(39)21(43)25(47)29(49)53(6(59)3-56)30(50)26(48)22(44)18(40)20(42)24(46)28(52-5(58)2-55)16(38)12(32)8-10-14(35)36/h7-10,54-56H,1-3H2,(H,51,57)(H,52,58). The molecule has 0 saturated heterocycles. The first-order chi connectivity index (χ1) is 27.2. The molecule has 0 aromatic heterocycles. The average molecular weight is 3020 g/mol. The van der Waals surface area contributed by atoms with Gasteiger partial charge >= 0.3 is 0 Å². The molecule has 0 saturated carbocycles. The molecular weight excluding hydrogens is 3010 g/mol. The van der Waals surface area contributed by atoms with Crippen molar-refractivity contribution in [1.82, 2.24) is 15.2 Å². The van der Waals surface area contributed by atoms with E-state index in [0.717, 1.165) is 28.2 Å². The monoisotopic (exact) mass is 3030 g/mol. The van der Waals surface area contributed by atoms with Gasteiger partial charge in [-0.15, -0.1) is 134 Å². The second-order valence-electron chi connectivity index (χ2n) is 12.5. The van der Waals surface area contributed by atoms with Gasteiger partial charge in [-0.05, 0) is 0 Å². The maximum Gasteiger partial charge on any atom is 0.284 e. The number of carbonyl (C=O) groups excluding carboxylic acids is 3. The number of nitrogens with zero attached hydrogens (tertiary/aromatic N) is 1. The number of aliphatic hydroxyl groups excluding tert-OH is 3. The van der Waals surface area contributed by atoms with Crippen LogP contribution < -0.4 is 10.5 Å². The number of hydrogen-bond donors (Lipinski definition) is 5. The summed E-state index contributed by atoms with van der Waals surface area (Å²) < 4.78 is 4.67. The normalized spacial score (nSPS) is 10.0. The van der Waals surface area contributed by atoms with Crippen molar-refractivity contribution in [2.24, 2.45) is 0 Å². The van der Waals surface area contributed by atoms with Gasteiger partial charge in [0, 0.05) is 0 Å². The van der Waals surface area contributed by atoms with Crippen LogP contribution >= 0.6 is 447 Å². The van der Waals surface area contributed by atoms with E-state index >= 15 is 0 Å². The van der Waals surface area contributed by atoms with Crippen LogP contribution in [0.25, 0.3) is 0 Å². The molecule has 9 nitrogen and oxygen atoms in total. The zero-order valence-electron chi connectivity index (χ0n) is 29.6. The van der Waals surface area contributed by atoms with Crippen molar-refractivity contribution in [2.75, 3.05) is 19.8 Å². The van der Waals surface area contributed by atoms with Crippen LogP contribution in [0.1, 0.15) is 0 Å². The summed E-state index contributed by atoms with van der Waals surface area (Å²) in [6.07, 6.45) is 0. The van der Waals surface area contributed by atoms with Crippen molar-refractivity contribution >= 4 is 581 Å². The number of rotatable bonds is 29. The van der Waals surface area contributed by atoms with Crippen LogP contribution in [-0.4, -0.2) is 174 Å². The Morgan fingerprint density at radius 2 is 0.661 bits per heavy atom. The molecule has 0 radical (unpaired) electrons. The Kier molecular flexibility index (Phi) is 50.5. The maximum absolute atomic E-state index is 13.7. The van der Waals surface area contributed by atoms with Crippen LogP contribution in [0.15, 0.2) is 0 Å². The van der Waals surface area contributed by atoms with E-state index in [1.54, 1.807) is 0 Å². The minimum absolute atomic E-state index is 0.0295. The van der Waals surface area contributed by atoms with E-state index in [1.807, 2.05) is 4.72 Å². The van der Waals surface area contributed by atoms with Gasteiger partial charge in [0.05, 0.1) is 28.2 Å². The maximum atomic E-state index is 13.7. The number of aliphatic hydroxyl groups is 3. The number of hydrogen-bond acceptors (Lipinski definition) is 6. The lowest BCUT2D eigenvalue weighted by molar-refractivity contribution is -0.126. The van der Waals surface area contributed by atoms with Gasteiger partial charge in [0.15, 0.2) is 65.5 Å². The highest BCUT2D eigenvalue weighted by molar-refractivity contribution is 14.3. The number of nitrogens with one attached hydrogen (secondary N) is 2. The zero-order chi connectivity index (χ0) is 46.2. The van der Waals surface area contributed by atoms with Crippen molar-refractivity contribution in [3.05, 3.63) is 0 Å². The lowest BCUT2D eigenvalue weighted by Crippen LogP contribution is -2.70. The first-order valence-electron chi connectivity index (χ1n) is 16.8. The minimum atomic E-state index is -0.576. The van der Waals surface area contributed by atoms with Gasteiger partial charge in [-0.1, -0.05) is 0 Å². The molecule has 0 aliphatic heterocycles. The SMILES string of the molecule is O=C(CO)NB(B(I)B(I)BBB(I)I)B(I)B(I)B(I)B(I)B(I)B(I)N(B(I)B(I)B(I)B(I)B(I)B(I)B(NC(=O)CO)B(I)B(I)BBB(I)I)C(=O)CO. The molecule has 5 N–H and O–H groups in total. The molecule has 59 heavy (non-hydrogen) atoms. The Labute approximate surface area is 628 Å². The molecule has 302 valence electrons. The summed E-state index contributed by atoms with van der Waals surface area (Å²) in [5.74, 6) is -1.02. The molecule has 3 amide bonds. The van der Waals surface area contributed by atoms with Crippen molar-refractivity contribution < 1.29 is 29.7 Å². The van der Waals surface area contributed by atoms with Gasteiger partial charge in [0.1, 0.15) is 19.8 Å². The predicted molar refractivity (Wildman–Crippen MR) is 468 cm³/mol. The molecule has 0 aromatic carbocycles. The Balaban J connectivity index is 6.34. The summed E-state index contributed by atoms with van der Waals surface area (Å²) in [6.45, 7) is -1.95. The average Bonchev–Trinajstić information content (AvgIpc) is 3.21. The van der Waals surface area contributed by atoms with Gasteiger partial charge in [-0.2, -0.15) is 313 Å². The molecule has 0 heterocycles. The van der Waals surface area contributed by atoms with Crippen LogP contribution in [-0.2, 0) is 14.4 Å². The van der Waals surface area contributed by atoms with E-state index in [4.69, 9.17) is 0 Å². The number of amides is 3. The van der Waals surface area contributed by atoms with Crippen LogP contribution in [0.2, 0.25) is 0 Å². The first-order valence-corrected chi connectivity index (χ1v) is 41.7. The predicted octanol–water partition coefficient (Wildman–Crippen LogP) is 3.36. The number of halogens is 20. The summed E-state index contributed by atoms with van der Waals surface area (Å²) in [5.41, 5.74) is 0. The molecule has 0 unspecified atom stereocenters. The van der Waals surface area contributed by atoms with Gasteiger partial charge in [0.2, 0.25) is 31.1 Å². The van der Waals surface area contributed by atoms with Crippen LogP contribution in [0, 0.1) is 0 Å². The molecule has 0 bridgehead atoms. The van der Waals surface area contributed by atoms with E-state index in [-0.39, 0.29) is 92.4 Å². The van der Waals surface area contributed by atoms with E-state index in [1.165, 1.54) is 0 Å². The van der Waals surface area contributed by atoms with E-state index in [9.17, 15) is 29.7 Å². The molecule has 0 rings (SSSR count). The fourth-order valence-corrected chi connectivity index (χ4v) is 29.8. The lowest BCUT2D eigenvalue weighted by Gasteiger charge is -2.36. The largest absolute Gasteiger partial charge is 0.423 e. The molecule has 0 aliphatic carbocycles. The second-order valence-corrected chi connectivity index (χ2v) is 46.3. The second kappa shape index (κ2) is 40.6. The van der Waals surface area contributed by atoms with Gasteiger partial charge in [-0.25, -0.2) is 0 Å². The highest BCUT2D eigenvalue weighted by atomic mass is 127. The van der Waals surface area contributed by atoms with Crippen LogP contribution in [0.5, 0.6) is 0 Å². The zero-order valence-corrected chi connectivity index (χ0v) is 72.7. The Bertz CT molecular complexity index is 1190. The van der Waals surface area contributed by atoms with E-state index < -0.39 is 19.8 Å². The molecule has 0 fully saturated rings. The fourth-order valence-electron chi connectivity index (χ4n) is 5.02. The third kappa shape index (κ3) is 27.5. The van der Waals surface area contributed by atoms with Crippen molar-refractivity contribution in [3.8, 4) is 0 Å². The summed E-state index contributed by atoms with van der Waals surface area (Å²) in [4.78, 5) is 38.9. The Morgan fingerprint density at radius 1 is 0.390 bits per heavy atom. The van der Waals surface area contributed by atoms with Crippen LogP contribution in [0.3, 0.4) is 0 Å². The summed E-state index contributed by atoms with van der Waals surface area (Å²) in [7, 11) is 4.25. The smallest absolute Gasteiger partial charge is 0.284 e. The van der Waals surface area contributed by atoms with Crippen molar-refractivity contribution in [2.45, 2.75) is 0 Å². The Morgan fingerprint density at radius 3 is 0.915 bits per heavy atom. The third-order valence-corrected chi connectivity index (χ3v) is 51.4. The summed E-state index contributed by atoms with van der Waals surface area (Å²) in [6, 6.07) is 0. The molecule has 0 atom stereocenters. The molecule has 0 aliphatic rings. The topological polar surface area (TPSA) is 139 Å². The van der Waals surface area contributed by atoms with E-state index in [0.29, 0.717) is 13.3 Å². The number of carbonyl (C=O) groups is 3. The lowest BCUT2D eigenvalue weighted by atomic mass is 8.82. The highest BCUT2D eigenvalue weighted by Gasteiger charge is 2.56. The van der Waals surface area contributed by atoms with Gasteiger partial charge in [-0.3, -0.25) is 14.4 Å². The highest BCUT2D eigenvalue weighted by Crippen LogP contribution is 2.32. The molecule has 0 spiro atoms. The Hall–Kier alpha value is 14.4. The molecule has 0 aromatic rings. The molecular formula is C6H15B24I20N3O6. The van der Waals surface area contributed by atoms with Crippen LogP contribution in [0.4, 0.5) is 0 Å². The van der Waals surface area contributed by atoms with Gasteiger partial charge < -0.3 is 30.5 Å². The van der Waals surface area contributed by atoms with Crippen molar-refractivity contribution in [1.29, 1.82) is 0 Å². The quantitative estimate of drug-likeness (QED) is 0.0576. The summed E-state index contributed by atoms with van der Waals surface area (Å²) in [5, 5.41) is 36.0. The first kappa shape index (κ1) is 73.4. The summed E-state index contributed by atoms with van der Waals surface area (Å²) >= 11 is 49.8.